The van der Waals surface area contributed by atoms with E-state index in [2.05, 4.69) is 23.0 Å². The second-order valence-electron chi connectivity index (χ2n) is 8.75. The largest absolute Gasteiger partial charge is 0.459 e. The number of epoxide rings is 1. The maximum Gasteiger partial charge on any atom is 0.419 e. The minimum absolute atomic E-state index is 0.0348. The van der Waals surface area contributed by atoms with E-state index in [1.165, 1.54) is 17.1 Å². The predicted octanol–water partition coefficient (Wildman–Crippen LogP) is 2.58. The number of nitrogens with zero attached hydrogens (tertiary/aromatic N) is 4. The molecule has 0 aromatic carbocycles. The molecular formula is C22H26N4O5. The highest BCUT2D eigenvalue weighted by Crippen LogP contribution is 2.50. The maximum atomic E-state index is 12.8. The van der Waals surface area contributed by atoms with Crippen LogP contribution >= 0.6 is 0 Å². The standard InChI is InChI=1S/C22H26N4O5/c1-22-6-2-3-15(12-29-21(28)26-10-8-24-14-26)4-5-16-17(11-25-9-7-23-13-25)20(27)30-18(16)19(22)31-22/h3,7-10,13-14,16-19H,2,4-6,11-12H2,1H3/b15-3+/t16?,17?,18-,19-,22+/m0/s1. The lowest BCUT2D eigenvalue weighted by Gasteiger charge is -2.23. The lowest BCUT2D eigenvalue weighted by atomic mass is 9.80. The molecule has 31 heavy (non-hydrogen) atoms. The van der Waals surface area contributed by atoms with Crippen LogP contribution < -0.4 is 0 Å². The quantitative estimate of drug-likeness (QED) is 0.421. The van der Waals surface area contributed by atoms with Crippen molar-refractivity contribution in [2.75, 3.05) is 6.61 Å². The molecule has 2 unspecified atom stereocenters. The first-order valence-corrected chi connectivity index (χ1v) is 10.7. The molecule has 0 amide bonds. The van der Waals surface area contributed by atoms with E-state index in [0.717, 1.165) is 31.3 Å². The van der Waals surface area contributed by atoms with E-state index < -0.39 is 6.09 Å². The van der Waals surface area contributed by atoms with Crippen molar-refractivity contribution in [3.8, 4) is 0 Å². The van der Waals surface area contributed by atoms with Crippen LogP contribution in [0.15, 0.2) is 49.1 Å². The molecule has 0 radical (unpaired) electrons. The molecule has 9 heteroatoms. The topological polar surface area (TPSA) is 101 Å². The summed E-state index contributed by atoms with van der Waals surface area (Å²) >= 11 is 0. The average Bonchev–Trinajstić information content (AvgIpc) is 3.24. The molecule has 4 heterocycles. The minimum atomic E-state index is -0.455. The first kappa shape index (κ1) is 20.0. The fraction of sp³-hybridized carbons (Fsp3) is 0.545. The Balaban J connectivity index is 1.31. The van der Waals surface area contributed by atoms with Crippen molar-refractivity contribution in [2.45, 2.75) is 57.0 Å². The number of ether oxygens (including phenoxy) is 3. The van der Waals surface area contributed by atoms with Crippen LogP contribution in [-0.2, 0) is 25.5 Å². The second-order valence-corrected chi connectivity index (χ2v) is 8.75. The number of hydrogen-bond donors (Lipinski definition) is 0. The Kier molecular flexibility index (Phi) is 5.13. The van der Waals surface area contributed by atoms with Gasteiger partial charge in [0.1, 0.15) is 25.1 Å². The molecule has 5 rings (SSSR count). The van der Waals surface area contributed by atoms with Gasteiger partial charge in [0.15, 0.2) is 0 Å². The molecule has 1 aliphatic carbocycles. The number of aromatic nitrogens is 4. The number of carbonyl (C=O) groups excluding carboxylic acids is 2. The summed E-state index contributed by atoms with van der Waals surface area (Å²) < 4.78 is 20.6. The van der Waals surface area contributed by atoms with Gasteiger partial charge in [-0.25, -0.2) is 19.3 Å². The first-order chi connectivity index (χ1) is 15.0. The summed E-state index contributed by atoms with van der Waals surface area (Å²) in [6, 6.07) is 0. The van der Waals surface area contributed by atoms with Gasteiger partial charge in [0.2, 0.25) is 0 Å². The summed E-state index contributed by atoms with van der Waals surface area (Å²) in [6.07, 6.45) is 14.4. The van der Waals surface area contributed by atoms with Gasteiger partial charge < -0.3 is 18.8 Å². The molecule has 3 aliphatic rings. The Morgan fingerprint density at radius 3 is 2.90 bits per heavy atom. The minimum Gasteiger partial charge on any atom is -0.459 e. The SMILES string of the molecule is C[C@@]12CC/C=C(/COC(=O)n3ccnc3)CCC3C(Cn4ccnc4)C(=O)O[C@@H]3[C@@H]1O2. The molecule has 9 nitrogen and oxygen atoms in total. The van der Waals surface area contributed by atoms with Crippen LogP contribution in [-0.4, -0.2) is 55.6 Å². The highest BCUT2D eigenvalue weighted by molar-refractivity contribution is 5.75. The van der Waals surface area contributed by atoms with Crippen molar-refractivity contribution < 1.29 is 23.8 Å². The summed E-state index contributed by atoms with van der Waals surface area (Å²) in [7, 11) is 0. The number of hydrogen-bond acceptors (Lipinski definition) is 7. The van der Waals surface area contributed by atoms with Gasteiger partial charge in [-0.1, -0.05) is 6.08 Å². The molecule has 5 atom stereocenters. The highest BCUT2D eigenvalue weighted by atomic mass is 16.6. The normalized spacial score (nSPS) is 34.1. The average molecular weight is 426 g/mol. The van der Waals surface area contributed by atoms with E-state index in [1.54, 1.807) is 18.7 Å². The molecule has 0 saturated carbocycles. The Bertz CT molecular complexity index is 970. The number of fused-ring (bicyclic) bond motifs is 3. The van der Waals surface area contributed by atoms with Gasteiger partial charge in [-0.2, -0.15) is 0 Å². The second kappa shape index (κ2) is 7.96. The monoisotopic (exact) mass is 426 g/mol. The smallest absolute Gasteiger partial charge is 0.419 e. The molecule has 2 aromatic heterocycles. The van der Waals surface area contributed by atoms with E-state index >= 15 is 0 Å². The Morgan fingerprint density at radius 2 is 2.13 bits per heavy atom. The third-order valence-electron chi connectivity index (χ3n) is 6.67. The van der Waals surface area contributed by atoms with E-state index in [4.69, 9.17) is 14.2 Å². The van der Waals surface area contributed by atoms with Gasteiger partial charge >= 0.3 is 12.1 Å². The number of imidazole rings is 2. The number of rotatable bonds is 4. The summed E-state index contributed by atoms with van der Waals surface area (Å²) in [6.45, 7) is 2.84. The molecule has 2 aliphatic heterocycles. The molecule has 0 spiro atoms. The summed E-state index contributed by atoms with van der Waals surface area (Å²) in [4.78, 5) is 32.9. The molecule has 2 saturated heterocycles. The Morgan fingerprint density at radius 1 is 1.29 bits per heavy atom. The van der Waals surface area contributed by atoms with Gasteiger partial charge in [0.25, 0.3) is 0 Å². The number of carbonyl (C=O) groups is 2. The third kappa shape index (κ3) is 4.01. The van der Waals surface area contributed by atoms with E-state index in [-0.39, 0.29) is 42.2 Å². The first-order valence-electron chi connectivity index (χ1n) is 10.7. The van der Waals surface area contributed by atoms with Crippen LogP contribution in [0.5, 0.6) is 0 Å². The zero-order valence-electron chi connectivity index (χ0n) is 17.4. The van der Waals surface area contributed by atoms with Crippen LogP contribution in [0.4, 0.5) is 4.79 Å². The van der Waals surface area contributed by atoms with Crippen molar-refractivity contribution in [3.63, 3.8) is 0 Å². The Labute approximate surface area is 180 Å². The van der Waals surface area contributed by atoms with E-state index in [9.17, 15) is 9.59 Å². The third-order valence-corrected chi connectivity index (χ3v) is 6.67. The molecule has 164 valence electrons. The zero-order valence-corrected chi connectivity index (χ0v) is 17.4. The fourth-order valence-electron chi connectivity index (χ4n) is 4.81. The van der Waals surface area contributed by atoms with Crippen molar-refractivity contribution in [1.29, 1.82) is 0 Å². The molecule has 2 aromatic rings. The van der Waals surface area contributed by atoms with Gasteiger partial charge in [0, 0.05) is 37.3 Å². The molecular weight excluding hydrogens is 400 g/mol. The summed E-state index contributed by atoms with van der Waals surface area (Å²) in [5.74, 6) is -0.382. The zero-order chi connectivity index (χ0) is 21.4. The van der Waals surface area contributed by atoms with Crippen molar-refractivity contribution in [1.82, 2.24) is 19.1 Å². The molecule has 0 bridgehead atoms. The van der Waals surface area contributed by atoms with Crippen molar-refractivity contribution >= 4 is 12.1 Å². The lowest BCUT2D eigenvalue weighted by molar-refractivity contribution is -0.145. The summed E-state index contributed by atoms with van der Waals surface area (Å²) in [5.41, 5.74) is 0.773. The predicted molar refractivity (Wildman–Crippen MR) is 108 cm³/mol. The number of allylic oxidation sites excluding steroid dienone is 1. The van der Waals surface area contributed by atoms with Crippen LogP contribution in [0, 0.1) is 11.8 Å². The van der Waals surface area contributed by atoms with Gasteiger partial charge in [-0.15, -0.1) is 0 Å². The summed E-state index contributed by atoms with van der Waals surface area (Å²) in [5, 5.41) is 0. The van der Waals surface area contributed by atoms with Crippen LogP contribution in [0.3, 0.4) is 0 Å². The van der Waals surface area contributed by atoms with Crippen molar-refractivity contribution in [2.24, 2.45) is 11.8 Å². The van der Waals surface area contributed by atoms with Gasteiger partial charge in [-0.05, 0) is 38.2 Å². The van der Waals surface area contributed by atoms with E-state index in [1.807, 2.05) is 10.8 Å². The molecule has 2 fully saturated rings. The van der Waals surface area contributed by atoms with Crippen LogP contribution in [0.25, 0.3) is 0 Å². The molecule has 0 N–H and O–H groups in total. The van der Waals surface area contributed by atoms with Crippen LogP contribution in [0.1, 0.15) is 32.6 Å². The van der Waals surface area contributed by atoms with Gasteiger partial charge in [0.05, 0.1) is 17.8 Å². The number of esters is 1. The maximum absolute atomic E-state index is 12.8. The lowest BCUT2D eigenvalue weighted by Crippen LogP contribution is -2.31. The fourth-order valence-corrected chi connectivity index (χ4v) is 4.81. The highest BCUT2D eigenvalue weighted by Gasteiger charge is 2.62. The van der Waals surface area contributed by atoms with Gasteiger partial charge in [-0.3, -0.25) is 4.79 Å². The van der Waals surface area contributed by atoms with Crippen molar-refractivity contribution in [3.05, 3.63) is 49.1 Å². The van der Waals surface area contributed by atoms with E-state index in [0.29, 0.717) is 6.54 Å². The Hall–Kier alpha value is -2.94. The van der Waals surface area contributed by atoms with Crippen LogP contribution in [0.2, 0.25) is 0 Å².